The molecule has 1 fully saturated rings. The molecular formula is C22H23F3N2O3S. The third-order valence-electron chi connectivity index (χ3n) is 5.77. The fourth-order valence-electron chi connectivity index (χ4n) is 3.97. The molecule has 1 aliphatic heterocycles. The van der Waals surface area contributed by atoms with Gasteiger partial charge in [-0.05, 0) is 54.2 Å². The van der Waals surface area contributed by atoms with Crippen LogP contribution in [-0.4, -0.2) is 37.3 Å². The fourth-order valence-corrected chi connectivity index (χ4v) is 5.06. The van der Waals surface area contributed by atoms with E-state index in [-0.39, 0.29) is 29.3 Å². The maximum atomic E-state index is 13.2. The molecule has 2 aromatic rings. The molecule has 2 heterocycles. The number of pyridine rings is 1. The lowest BCUT2D eigenvalue weighted by Crippen LogP contribution is -2.46. The number of hydrogen-bond donors (Lipinski definition) is 0. The van der Waals surface area contributed by atoms with Crippen molar-refractivity contribution in [2.75, 3.05) is 5.75 Å². The molecule has 1 amide bonds. The van der Waals surface area contributed by atoms with E-state index < -0.39 is 22.5 Å². The van der Waals surface area contributed by atoms with Crippen LogP contribution >= 0.6 is 0 Å². The third kappa shape index (κ3) is 5.22. The van der Waals surface area contributed by atoms with Crippen LogP contribution in [0.5, 0.6) is 0 Å². The normalized spacial score (nSPS) is 24.9. The molecule has 5 nitrogen and oxygen atoms in total. The van der Waals surface area contributed by atoms with Crippen LogP contribution in [0.25, 0.3) is 0 Å². The van der Waals surface area contributed by atoms with Crippen molar-refractivity contribution in [2.24, 2.45) is 5.92 Å². The van der Waals surface area contributed by atoms with Gasteiger partial charge in [-0.1, -0.05) is 18.2 Å². The molecule has 9 heteroatoms. The maximum Gasteiger partial charge on any atom is 0.416 e. The molecule has 0 radical (unpaired) electrons. The van der Waals surface area contributed by atoms with Crippen molar-refractivity contribution in [1.82, 2.24) is 9.88 Å². The summed E-state index contributed by atoms with van der Waals surface area (Å²) in [5.74, 6) is 0.300. The standard InChI is InChI=1S/C22H21F3N2O2S.H2O/c23-22(24,25)19-3-1-16(2-4-19)17-11-18(12-17)21(28)27(20-7-10-30(29)14-20)13-15-5-8-26-9-6-15;/h1-10,17-18,20H,11-14H2;1H2. The van der Waals surface area contributed by atoms with E-state index in [0.29, 0.717) is 25.1 Å². The number of benzene rings is 1. The van der Waals surface area contributed by atoms with E-state index >= 15 is 0 Å². The smallest absolute Gasteiger partial charge is 0.412 e. The van der Waals surface area contributed by atoms with E-state index in [2.05, 4.69) is 4.98 Å². The Bertz CT molecular complexity index is 958. The SMILES string of the molecule is O.O=C(C1CC(c2ccc(C(F)(F)F)cc2)C1)N(Cc1ccncc1)C1C=CS(=O)C1. The second-order valence-electron chi connectivity index (χ2n) is 7.75. The van der Waals surface area contributed by atoms with E-state index in [9.17, 15) is 22.2 Å². The van der Waals surface area contributed by atoms with Gasteiger partial charge < -0.3 is 10.4 Å². The van der Waals surface area contributed by atoms with Gasteiger partial charge >= 0.3 is 6.18 Å². The molecule has 0 spiro atoms. The van der Waals surface area contributed by atoms with Crippen LogP contribution < -0.4 is 0 Å². The molecule has 166 valence electrons. The first-order chi connectivity index (χ1) is 14.3. The largest absolute Gasteiger partial charge is 0.416 e. The Balaban J connectivity index is 0.00000272. The van der Waals surface area contributed by atoms with Crippen molar-refractivity contribution >= 4 is 16.7 Å². The van der Waals surface area contributed by atoms with Gasteiger partial charge in [-0.3, -0.25) is 14.0 Å². The van der Waals surface area contributed by atoms with E-state index in [4.69, 9.17) is 0 Å². The molecule has 2 atom stereocenters. The number of nitrogens with zero attached hydrogens (tertiary/aromatic N) is 2. The number of rotatable bonds is 5. The molecule has 4 rings (SSSR count). The number of alkyl halides is 3. The minimum Gasteiger partial charge on any atom is -0.412 e. The lowest BCUT2D eigenvalue weighted by Gasteiger charge is -2.39. The number of carbonyl (C=O) groups excluding carboxylic acids is 1. The van der Waals surface area contributed by atoms with Crippen molar-refractivity contribution in [2.45, 2.75) is 37.5 Å². The Morgan fingerprint density at radius 2 is 1.74 bits per heavy atom. The lowest BCUT2D eigenvalue weighted by molar-refractivity contribution is -0.140. The Morgan fingerprint density at radius 1 is 1.10 bits per heavy atom. The summed E-state index contributed by atoms with van der Waals surface area (Å²) in [6, 6.07) is 8.69. The topological polar surface area (TPSA) is 81.8 Å². The molecule has 2 N–H and O–H groups in total. The number of hydrogen-bond acceptors (Lipinski definition) is 3. The van der Waals surface area contributed by atoms with Crippen LogP contribution in [-0.2, 0) is 28.3 Å². The second-order valence-corrected chi connectivity index (χ2v) is 9.12. The zero-order valence-corrected chi connectivity index (χ0v) is 17.4. The van der Waals surface area contributed by atoms with Gasteiger partial charge in [-0.25, -0.2) is 0 Å². The van der Waals surface area contributed by atoms with Gasteiger partial charge in [0.15, 0.2) is 0 Å². The Morgan fingerprint density at radius 3 is 2.29 bits per heavy atom. The summed E-state index contributed by atoms with van der Waals surface area (Å²) >= 11 is 0. The minimum atomic E-state index is -4.35. The summed E-state index contributed by atoms with van der Waals surface area (Å²) in [5, 5.41) is 1.63. The molecule has 1 aliphatic carbocycles. The van der Waals surface area contributed by atoms with Gasteiger partial charge in [0.2, 0.25) is 5.91 Å². The molecule has 0 saturated heterocycles. The van der Waals surface area contributed by atoms with Crippen LogP contribution in [0.2, 0.25) is 0 Å². The van der Waals surface area contributed by atoms with Crippen molar-refractivity contribution in [3.05, 3.63) is 77.0 Å². The summed E-state index contributed by atoms with van der Waals surface area (Å²) in [6.45, 7) is 0.412. The molecule has 2 unspecified atom stereocenters. The molecule has 2 aliphatic rings. The molecule has 0 bridgehead atoms. The number of halogens is 3. The van der Waals surface area contributed by atoms with Crippen molar-refractivity contribution in [3.8, 4) is 0 Å². The van der Waals surface area contributed by atoms with Crippen molar-refractivity contribution < 1.29 is 27.7 Å². The third-order valence-corrected chi connectivity index (χ3v) is 6.90. The predicted molar refractivity (Wildman–Crippen MR) is 111 cm³/mol. The summed E-state index contributed by atoms with van der Waals surface area (Å²) in [7, 11) is -1.07. The van der Waals surface area contributed by atoms with Crippen LogP contribution in [0.4, 0.5) is 13.2 Å². The highest BCUT2D eigenvalue weighted by atomic mass is 32.2. The Hall–Kier alpha value is -2.52. The predicted octanol–water partition coefficient (Wildman–Crippen LogP) is 3.44. The van der Waals surface area contributed by atoms with Crippen LogP contribution in [0.15, 0.2) is 60.3 Å². The van der Waals surface area contributed by atoms with Crippen molar-refractivity contribution in [3.63, 3.8) is 0 Å². The highest BCUT2D eigenvalue weighted by Gasteiger charge is 2.40. The number of carbonyl (C=O) groups is 1. The van der Waals surface area contributed by atoms with E-state index in [1.54, 1.807) is 22.7 Å². The Labute approximate surface area is 180 Å². The zero-order valence-electron chi connectivity index (χ0n) is 16.6. The molecule has 1 aromatic heterocycles. The molecular weight excluding hydrogens is 429 g/mol. The average molecular weight is 452 g/mol. The summed E-state index contributed by atoms with van der Waals surface area (Å²) in [6.07, 6.45) is 2.03. The van der Waals surface area contributed by atoms with E-state index in [1.807, 2.05) is 18.2 Å². The number of aromatic nitrogens is 1. The summed E-state index contributed by atoms with van der Waals surface area (Å²) in [5.41, 5.74) is 1.11. The first kappa shape index (κ1) is 23.1. The van der Waals surface area contributed by atoms with Crippen LogP contribution in [0, 0.1) is 5.92 Å². The quantitative estimate of drug-likeness (QED) is 0.697. The fraction of sp³-hybridized carbons (Fsp3) is 0.364. The lowest BCUT2D eigenvalue weighted by atomic mass is 9.70. The van der Waals surface area contributed by atoms with Gasteiger partial charge in [0.05, 0.1) is 17.4 Å². The molecule has 31 heavy (non-hydrogen) atoms. The highest BCUT2D eigenvalue weighted by Crippen LogP contribution is 2.43. The number of amides is 1. The molecule has 1 aromatic carbocycles. The van der Waals surface area contributed by atoms with Gasteiger partial charge in [0.25, 0.3) is 0 Å². The van der Waals surface area contributed by atoms with Crippen LogP contribution in [0.3, 0.4) is 0 Å². The van der Waals surface area contributed by atoms with Gasteiger partial charge in [0, 0.05) is 41.1 Å². The monoisotopic (exact) mass is 452 g/mol. The minimum absolute atomic E-state index is 0. The first-order valence-corrected chi connectivity index (χ1v) is 11.1. The molecule has 1 saturated carbocycles. The summed E-state index contributed by atoms with van der Waals surface area (Å²) in [4.78, 5) is 19.0. The zero-order chi connectivity index (χ0) is 21.3. The van der Waals surface area contributed by atoms with E-state index in [1.165, 1.54) is 12.1 Å². The van der Waals surface area contributed by atoms with Gasteiger partial charge in [-0.15, -0.1) is 0 Å². The van der Waals surface area contributed by atoms with Crippen LogP contribution in [0.1, 0.15) is 35.4 Å². The highest BCUT2D eigenvalue weighted by molar-refractivity contribution is 7.88. The van der Waals surface area contributed by atoms with Gasteiger partial charge in [-0.2, -0.15) is 13.2 Å². The second kappa shape index (κ2) is 9.32. The van der Waals surface area contributed by atoms with Crippen molar-refractivity contribution in [1.29, 1.82) is 0 Å². The first-order valence-electron chi connectivity index (χ1n) is 9.73. The van der Waals surface area contributed by atoms with Gasteiger partial charge in [0.1, 0.15) is 0 Å². The average Bonchev–Trinajstić information content (AvgIpc) is 3.11. The maximum absolute atomic E-state index is 13.2. The van der Waals surface area contributed by atoms with E-state index in [0.717, 1.165) is 23.3 Å². The summed E-state index contributed by atoms with van der Waals surface area (Å²) < 4.78 is 50.1. The Kier molecular flexibility index (Phi) is 6.96.